The molecule has 1 aromatic carbocycles. The number of nitrogens with zero attached hydrogens (tertiary/aromatic N) is 2. The fraction of sp³-hybridized carbons (Fsp3) is 0.438. The third-order valence-corrected chi connectivity index (χ3v) is 3.03. The number of aromatic nitrogens is 2. The molecule has 0 saturated heterocycles. The normalized spacial score (nSPS) is 12.1. The highest BCUT2D eigenvalue weighted by Gasteiger charge is 2.12. The Kier molecular flexibility index (Phi) is 5.63. The highest BCUT2D eigenvalue weighted by molar-refractivity contribution is 5.47. The van der Waals surface area contributed by atoms with Crippen LogP contribution in [0.2, 0.25) is 0 Å². The van der Waals surface area contributed by atoms with E-state index >= 15 is 0 Å². The van der Waals surface area contributed by atoms with Crippen molar-refractivity contribution < 1.29 is 9.47 Å². The van der Waals surface area contributed by atoms with Gasteiger partial charge in [0.2, 0.25) is 0 Å². The van der Waals surface area contributed by atoms with Crippen LogP contribution >= 0.6 is 0 Å². The average Bonchev–Trinajstić information content (AvgIpc) is 2.94. The predicted octanol–water partition coefficient (Wildman–Crippen LogP) is 2.25. The molecule has 5 nitrogen and oxygen atoms in total. The molecule has 0 aliphatic carbocycles. The molecule has 1 heterocycles. The third kappa shape index (κ3) is 4.49. The number of hydrogen-bond acceptors (Lipinski definition) is 4. The second kappa shape index (κ2) is 7.69. The van der Waals surface area contributed by atoms with E-state index in [1.54, 1.807) is 6.20 Å². The molecular formula is C16H23N3O2. The van der Waals surface area contributed by atoms with E-state index in [0.717, 1.165) is 23.5 Å². The van der Waals surface area contributed by atoms with E-state index in [-0.39, 0.29) is 6.04 Å². The molecule has 0 aliphatic rings. The van der Waals surface area contributed by atoms with Crippen molar-refractivity contribution in [2.24, 2.45) is 5.73 Å². The highest BCUT2D eigenvalue weighted by atomic mass is 16.5. The van der Waals surface area contributed by atoms with Crippen LogP contribution in [-0.2, 0) is 13.0 Å². The summed E-state index contributed by atoms with van der Waals surface area (Å²) < 4.78 is 13.5. The van der Waals surface area contributed by atoms with Crippen molar-refractivity contribution in [3.05, 3.63) is 42.2 Å². The van der Waals surface area contributed by atoms with Crippen molar-refractivity contribution >= 4 is 0 Å². The molecule has 0 spiro atoms. The van der Waals surface area contributed by atoms with Gasteiger partial charge in [-0.05, 0) is 38.0 Å². The number of ether oxygens (including phenoxy) is 2. The minimum absolute atomic E-state index is 0.0790. The summed E-state index contributed by atoms with van der Waals surface area (Å²) in [5.74, 6) is 1.57. The van der Waals surface area contributed by atoms with Crippen LogP contribution in [0.25, 0.3) is 0 Å². The number of para-hydroxylation sites is 1. The highest BCUT2D eigenvalue weighted by Crippen LogP contribution is 2.32. The van der Waals surface area contributed by atoms with E-state index in [9.17, 15) is 0 Å². The summed E-state index contributed by atoms with van der Waals surface area (Å²) in [6.45, 7) is 5.80. The van der Waals surface area contributed by atoms with Gasteiger partial charge in [0.15, 0.2) is 11.5 Å². The molecule has 5 heteroatoms. The SMILES string of the molecule is CCOc1cccc(CC(C)N)c1OCCn1cccn1. The van der Waals surface area contributed by atoms with Gasteiger partial charge < -0.3 is 15.2 Å². The van der Waals surface area contributed by atoms with Gasteiger partial charge >= 0.3 is 0 Å². The standard InChI is InChI=1S/C16H23N3O2/c1-3-20-15-7-4-6-14(12-13(2)17)16(15)21-11-10-19-9-5-8-18-19/h4-9,13H,3,10-12,17H2,1-2H3. The van der Waals surface area contributed by atoms with Crippen molar-refractivity contribution in [3.63, 3.8) is 0 Å². The molecule has 21 heavy (non-hydrogen) atoms. The first-order chi connectivity index (χ1) is 10.2. The minimum atomic E-state index is 0.0790. The van der Waals surface area contributed by atoms with E-state index in [4.69, 9.17) is 15.2 Å². The van der Waals surface area contributed by atoms with Gasteiger partial charge in [0, 0.05) is 18.4 Å². The molecule has 2 N–H and O–H groups in total. The summed E-state index contributed by atoms with van der Waals surface area (Å²) in [6, 6.07) is 7.92. The van der Waals surface area contributed by atoms with Crippen LogP contribution in [0.3, 0.4) is 0 Å². The van der Waals surface area contributed by atoms with Gasteiger partial charge in [0.1, 0.15) is 6.61 Å². The van der Waals surface area contributed by atoms with Gasteiger partial charge in [-0.15, -0.1) is 0 Å². The van der Waals surface area contributed by atoms with E-state index in [0.29, 0.717) is 19.8 Å². The molecule has 0 aliphatic heterocycles. The molecule has 0 fully saturated rings. The molecule has 0 saturated carbocycles. The van der Waals surface area contributed by atoms with Gasteiger partial charge in [0.25, 0.3) is 0 Å². The summed E-state index contributed by atoms with van der Waals surface area (Å²) in [5.41, 5.74) is 6.99. The van der Waals surface area contributed by atoms with Gasteiger partial charge in [-0.2, -0.15) is 5.10 Å². The minimum Gasteiger partial charge on any atom is -0.490 e. The maximum atomic E-state index is 5.95. The summed E-state index contributed by atoms with van der Waals surface area (Å²) in [7, 11) is 0. The van der Waals surface area contributed by atoms with Crippen molar-refractivity contribution in [1.82, 2.24) is 9.78 Å². The molecular weight excluding hydrogens is 266 g/mol. The quantitative estimate of drug-likeness (QED) is 0.809. The molecule has 0 amide bonds. The Morgan fingerprint density at radius 3 is 2.81 bits per heavy atom. The molecule has 1 unspecified atom stereocenters. The van der Waals surface area contributed by atoms with Crippen LogP contribution in [0.5, 0.6) is 11.5 Å². The molecule has 1 aromatic heterocycles. The van der Waals surface area contributed by atoms with Crippen molar-refractivity contribution in [2.75, 3.05) is 13.2 Å². The summed E-state index contributed by atoms with van der Waals surface area (Å²) in [5, 5.41) is 4.16. The Bertz CT molecular complexity index is 538. The van der Waals surface area contributed by atoms with E-state index in [1.165, 1.54) is 0 Å². The topological polar surface area (TPSA) is 62.3 Å². The van der Waals surface area contributed by atoms with Gasteiger partial charge in [0.05, 0.1) is 13.2 Å². The Morgan fingerprint density at radius 1 is 1.29 bits per heavy atom. The maximum absolute atomic E-state index is 5.95. The van der Waals surface area contributed by atoms with Crippen LogP contribution in [0.1, 0.15) is 19.4 Å². The second-order valence-corrected chi connectivity index (χ2v) is 4.98. The Morgan fingerprint density at radius 2 is 2.14 bits per heavy atom. The van der Waals surface area contributed by atoms with Crippen LogP contribution in [-0.4, -0.2) is 29.0 Å². The molecule has 2 rings (SSSR count). The Balaban J connectivity index is 2.09. The lowest BCUT2D eigenvalue weighted by molar-refractivity contribution is 0.259. The second-order valence-electron chi connectivity index (χ2n) is 4.98. The predicted molar refractivity (Wildman–Crippen MR) is 82.7 cm³/mol. The number of nitrogens with two attached hydrogens (primary N) is 1. The fourth-order valence-electron chi connectivity index (χ4n) is 2.18. The van der Waals surface area contributed by atoms with Crippen molar-refractivity contribution in [2.45, 2.75) is 32.9 Å². The van der Waals surface area contributed by atoms with Gasteiger partial charge in [-0.1, -0.05) is 12.1 Å². The number of hydrogen-bond donors (Lipinski definition) is 1. The third-order valence-electron chi connectivity index (χ3n) is 3.03. The smallest absolute Gasteiger partial charge is 0.164 e. The lowest BCUT2D eigenvalue weighted by Gasteiger charge is -2.17. The molecule has 0 radical (unpaired) electrons. The largest absolute Gasteiger partial charge is 0.490 e. The lowest BCUT2D eigenvalue weighted by atomic mass is 10.1. The van der Waals surface area contributed by atoms with Crippen LogP contribution < -0.4 is 15.2 Å². The lowest BCUT2D eigenvalue weighted by Crippen LogP contribution is -2.19. The zero-order valence-electron chi connectivity index (χ0n) is 12.7. The van der Waals surface area contributed by atoms with E-state index in [2.05, 4.69) is 5.10 Å². The maximum Gasteiger partial charge on any atom is 0.164 e. The number of rotatable bonds is 8. The number of benzene rings is 1. The molecule has 2 aromatic rings. The van der Waals surface area contributed by atoms with Crippen LogP contribution in [0, 0.1) is 0 Å². The zero-order chi connectivity index (χ0) is 15.1. The van der Waals surface area contributed by atoms with E-state index < -0.39 is 0 Å². The van der Waals surface area contributed by atoms with Gasteiger partial charge in [-0.3, -0.25) is 4.68 Å². The average molecular weight is 289 g/mol. The monoisotopic (exact) mass is 289 g/mol. The molecule has 0 bridgehead atoms. The van der Waals surface area contributed by atoms with Crippen LogP contribution in [0.4, 0.5) is 0 Å². The zero-order valence-corrected chi connectivity index (χ0v) is 12.7. The Hall–Kier alpha value is -2.01. The first-order valence-electron chi connectivity index (χ1n) is 7.31. The summed E-state index contributed by atoms with van der Waals surface area (Å²) in [4.78, 5) is 0. The summed E-state index contributed by atoms with van der Waals surface area (Å²) in [6.07, 6.45) is 4.44. The van der Waals surface area contributed by atoms with Crippen LogP contribution in [0.15, 0.2) is 36.7 Å². The van der Waals surface area contributed by atoms with Crippen molar-refractivity contribution in [3.8, 4) is 11.5 Å². The fourth-order valence-corrected chi connectivity index (χ4v) is 2.18. The van der Waals surface area contributed by atoms with E-state index in [1.807, 2.05) is 49.0 Å². The first-order valence-corrected chi connectivity index (χ1v) is 7.31. The van der Waals surface area contributed by atoms with Gasteiger partial charge in [-0.25, -0.2) is 0 Å². The molecule has 1 atom stereocenters. The molecule has 114 valence electrons. The first kappa shape index (κ1) is 15.4. The summed E-state index contributed by atoms with van der Waals surface area (Å²) >= 11 is 0. The Labute approximate surface area is 125 Å². The van der Waals surface area contributed by atoms with Crippen molar-refractivity contribution in [1.29, 1.82) is 0 Å².